The Hall–Kier alpha value is -2.04. The van der Waals surface area contributed by atoms with E-state index in [9.17, 15) is 9.59 Å². The van der Waals surface area contributed by atoms with Crippen molar-refractivity contribution < 1.29 is 14.3 Å². The standard InChI is InChI=1S/C13H19NO2.C8H15NO.C4H10/c1-4-11-6-8-12(9-7-11)14-10(3)13(15)16-5-2;1-6-3-4-8(5-6)9-7(2)10;1-4(2)3/h6-10,14H,4-5H2,1-3H3;6,8H,3-5H2,1-2H3,(H,9,10);4H,1-3H3. The third-order valence-electron chi connectivity index (χ3n) is 4.49. The van der Waals surface area contributed by atoms with Gasteiger partial charge in [0, 0.05) is 18.7 Å². The van der Waals surface area contributed by atoms with Crippen LogP contribution in [0.5, 0.6) is 0 Å². The Balaban J connectivity index is 0.000000510. The van der Waals surface area contributed by atoms with Crippen molar-refractivity contribution in [1.29, 1.82) is 0 Å². The Morgan fingerprint density at radius 3 is 2.03 bits per heavy atom. The first-order chi connectivity index (χ1) is 14.1. The average molecular weight is 421 g/mol. The molecule has 1 amide bonds. The van der Waals surface area contributed by atoms with Gasteiger partial charge < -0.3 is 15.4 Å². The molecule has 172 valence electrons. The minimum atomic E-state index is -0.313. The second kappa shape index (κ2) is 15.8. The van der Waals surface area contributed by atoms with Crippen LogP contribution in [-0.4, -0.2) is 30.6 Å². The first-order valence-corrected chi connectivity index (χ1v) is 11.4. The van der Waals surface area contributed by atoms with Gasteiger partial charge in [-0.15, -0.1) is 0 Å². The van der Waals surface area contributed by atoms with Crippen LogP contribution in [-0.2, 0) is 20.7 Å². The van der Waals surface area contributed by atoms with Crippen molar-refractivity contribution in [1.82, 2.24) is 5.32 Å². The van der Waals surface area contributed by atoms with E-state index in [1.807, 2.05) is 12.1 Å². The molecule has 0 aliphatic heterocycles. The molecule has 30 heavy (non-hydrogen) atoms. The highest BCUT2D eigenvalue weighted by molar-refractivity contribution is 5.78. The van der Waals surface area contributed by atoms with Crippen molar-refractivity contribution >= 4 is 17.6 Å². The molecule has 3 unspecified atom stereocenters. The van der Waals surface area contributed by atoms with Gasteiger partial charge in [-0.3, -0.25) is 4.79 Å². The quantitative estimate of drug-likeness (QED) is 0.589. The van der Waals surface area contributed by atoms with Gasteiger partial charge in [-0.2, -0.15) is 0 Å². The predicted octanol–water partition coefficient (Wildman–Crippen LogP) is 5.59. The number of nitrogens with one attached hydrogen (secondary N) is 2. The lowest BCUT2D eigenvalue weighted by Gasteiger charge is -2.13. The lowest BCUT2D eigenvalue weighted by molar-refractivity contribution is -0.143. The summed E-state index contributed by atoms with van der Waals surface area (Å²) in [6.07, 6.45) is 4.62. The summed E-state index contributed by atoms with van der Waals surface area (Å²) >= 11 is 0. The van der Waals surface area contributed by atoms with E-state index in [2.05, 4.69) is 57.4 Å². The van der Waals surface area contributed by atoms with Crippen molar-refractivity contribution in [3.63, 3.8) is 0 Å². The molecule has 2 N–H and O–H groups in total. The summed E-state index contributed by atoms with van der Waals surface area (Å²) in [5, 5.41) is 6.04. The molecule has 5 nitrogen and oxygen atoms in total. The fraction of sp³-hybridized carbons (Fsp3) is 0.680. The van der Waals surface area contributed by atoms with Gasteiger partial charge in [0.25, 0.3) is 0 Å². The molecule has 1 aromatic rings. The molecule has 3 atom stereocenters. The van der Waals surface area contributed by atoms with Crippen LogP contribution in [0.3, 0.4) is 0 Å². The molecule has 1 aromatic carbocycles. The summed E-state index contributed by atoms with van der Waals surface area (Å²) in [4.78, 5) is 22.0. The summed E-state index contributed by atoms with van der Waals surface area (Å²) in [7, 11) is 0. The molecule has 0 bridgehead atoms. The summed E-state index contributed by atoms with van der Waals surface area (Å²) < 4.78 is 4.92. The second-order valence-electron chi connectivity index (χ2n) is 8.72. The van der Waals surface area contributed by atoms with Crippen molar-refractivity contribution in [3.05, 3.63) is 29.8 Å². The van der Waals surface area contributed by atoms with E-state index in [1.54, 1.807) is 20.8 Å². The van der Waals surface area contributed by atoms with E-state index >= 15 is 0 Å². The summed E-state index contributed by atoms with van der Waals surface area (Å²) in [6, 6.07) is 8.23. The highest BCUT2D eigenvalue weighted by atomic mass is 16.5. The largest absolute Gasteiger partial charge is 0.464 e. The van der Waals surface area contributed by atoms with Crippen LogP contribution >= 0.6 is 0 Å². The average Bonchev–Trinajstić information content (AvgIpc) is 3.06. The van der Waals surface area contributed by atoms with Gasteiger partial charge in [0.05, 0.1) is 6.61 Å². The molecule has 0 saturated heterocycles. The molecule has 1 saturated carbocycles. The molecule has 0 radical (unpaired) electrons. The summed E-state index contributed by atoms with van der Waals surface area (Å²) in [5.74, 6) is 1.53. The zero-order chi connectivity index (χ0) is 23.1. The molecule has 1 aliphatic carbocycles. The number of benzene rings is 1. The Morgan fingerprint density at radius 1 is 1.07 bits per heavy atom. The number of hydrogen-bond donors (Lipinski definition) is 2. The molecule has 1 aliphatic rings. The second-order valence-corrected chi connectivity index (χ2v) is 8.72. The van der Waals surface area contributed by atoms with Gasteiger partial charge in [0.2, 0.25) is 5.91 Å². The highest BCUT2D eigenvalue weighted by Gasteiger charge is 2.21. The maximum absolute atomic E-state index is 11.4. The molecular weight excluding hydrogens is 376 g/mol. The van der Waals surface area contributed by atoms with Crippen LogP contribution in [0.4, 0.5) is 5.69 Å². The van der Waals surface area contributed by atoms with Crippen molar-refractivity contribution in [2.45, 2.75) is 93.2 Å². The van der Waals surface area contributed by atoms with E-state index in [0.29, 0.717) is 12.6 Å². The minimum absolute atomic E-state index is 0.110. The highest BCUT2D eigenvalue weighted by Crippen LogP contribution is 2.24. The molecule has 0 spiro atoms. The number of carbonyl (C=O) groups excluding carboxylic acids is 2. The van der Waals surface area contributed by atoms with Crippen LogP contribution in [0, 0.1) is 11.8 Å². The van der Waals surface area contributed by atoms with Crippen molar-refractivity contribution in [2.75, 3.05) is 11.9 Å². The topological polar surface area (TPSA) is 67.4 Å². The van der Waals surface area contributed by atoms with E-state index in [4.69, 9.17) is 4.74 Å². The first kappa shape index (κ1) is 28.0. The van der Waals surface area contributed by atoms with Crippen molar-refractivity contribution in [2.24, 2.45) is 11.8 Å². The SMILES string of the molecule is CC(=O)NC1CCC(C)C1.CC(C)C.CCOC(=O)C(C)Nc1ccc(CC)cc1. The Bertz CT molecular complexity index is 596. The van der Waals surface area contributed by atoms with Crippen molar-refractivity contribution in [3.8, 4) is 0 Å². The Kier molecular flexibility index (Phi) is 14.7. The first-order valence-electron chi connectivity index (χ1n) is 11.4. The maximum atomic E-state index is 11.4. The maximum Gasteiger partial charge on any atom is 0.328 e. The fourth-order valence-corrected chi connectivity index (χ4v) is 3.04. The number of amides is 1. The zero-order valence-corrected chi connectivity index (χ0v) is 20.4. The van der Waals surface area contributed by atoms with Gasteiger partial charge in [-0.1, -0.05) is 46.8 Å². The van der Waals surface area contributed by atoms with Crippen LogP contribution in [0.25, 0.3) is 0 Å². The van der Waals surface area contributed by atoms with E-state index in [1.165, 1.54) is 24.8 Å². The number of carbonyl (C=O) groups is 2. The lowest BCUT2D eigenvalue weighted by Crippen LogP contribution is -2.30. The van der Waals surface area contributed by atoms with E-state index in [0.717, 1.165) is 23.9 Å². The fourth-order valence-electron chi connectivity index (χ4n) is 3.04. The van der Waals surface area contributed by atoms with E-state index in [-0.39, 0.29) is 17.9 Å². The molecule has 2 rings (SSSR count). The number of anilines is 1. The summed E-state index contributed by atoms with van der Waals surface area (Å²) in [6.45, 7) is 16.5. The van der Waals surface area contributed by atoms with Crippen LogP contribution in [0.15, 0.2) is 24.3 Å². The van der Waals surface area contributed by atoms with Gasteiger partial charge in [-0.05, 0) is 69.1 Å². The molecular formula is C25H44N2O3. The van der Waals surface area contributed by atoms with Gasteiger partial charge in [0.1, 0.15) is 6.04 Å². The molecule has 1 fully saturated rings. The monoisotopic (exact) mass is 420 g/mol. The number of hydrogen-bond acceptors (Lipinski definition) is 4. The van der Waals surface area contributed by atoms with Crippen LogP contribution in [0.1, 0.15) is 80.2 Å². The van der Waals surface area contributed by atoms with Gasteiger partial charge in [-0.25, -0.2) is 4.79 Å². The Labute approximate surface area is 184 Å². The summed E-state index contributed by atoms with van der Waals surface area (Å²) in [5.41, 5.74) is 2.23. The van der Waals surface area contributed by atoms with E-state index < -0.39 is 0 Å². The van der Waals surface area contributed by atoms with Gasteiger partial charge >= 0.3 is 5.97 Å². The molecule has 0 heterocycles. The lowest BCUT2D eigenvalue weighted by atomic mass is 10.1. The number of ether oxygens (including phenoxy) is 1. The van der Waals surface area contributed by atoms with Gasteiger partial charge in [0.15, 0.2) is 0 Å². The Morgan fingerprint density at radius 2 is 1.63 bits per heavy atom. The molecule has 5 heteroatoms. The third-order valence-corrected chi connectivity index (χ3v) is 4.49. The zero-order valence-electron chi connectivity index (χ0n) is 20.4. The normalized spacial score (nSPS) is 18.3. The minimum Gasteiger partial charge on any atom is -0.464 e. The van der Waals surface area contributed by atoms with Crippen LogP contribution < -0.4 is 10.6 Å². The number of rotatable bonds is 6. The molecule has 0 aromatic heterocycles. The van der Waals surface area contributed by atoms with Crippen LogP contribution in [0.2, 0.25) is 0 Å². The number of esters is 1. The third kappa shape index (κ3) is 14.0. The predicted molar refractivity (Wildman–Crippen MR) is 127 cm³/mol. The smallest absolute Gasteiger partial charge is 0.328 e. The number of aryl methyl sites for hydroxylation is 1.